The first-order valence-electron chi connectivity index (χ1n) is 11.1. The van der Waals surface area contributed by atoms with Crippen LogP contribution < -0.4 is 14.2 Å². The summed E-state index contributed by atoms with van der Waals surface area (Å²) in [5.41, 5.74) is 2.38. The standard InChI is InChI=1S/C27H28O8/c1-16-11-19-20(25(22(16)13-28)34-15-31-2)12-21-23(29)9-10-27(30,24(21)26(19)33-4)35-14-17-5-7-18(32-3)8-6-17/h5-8,11-13,30H,9-10,14-15H2,1-4H3. The number of benzene rings is 3. The first-order chi connectivity index (χ1) is 16.9. The van der Waals surface area contributed by atoms with Crippen LogP contribution >= 0.6 is 0 Å². The van der Waals surface area contributed by atoms with E-state index in [1.807, 2.05) is 24.3 Å². The molecule has 0 aromatic heterocycles. The highest BCUT2D eigenvalue weighted by Gasteiger charge is 2.43. The van der Waals surface area contributed by atoms with E-state index in [1.54, 1.807) is 26.2 Å². The van der Waals surface area contributed by atoms with Crippen molar-refractivity contribution in [3.63, 3.8) is 0 Å². The summed E-state index contributed by atoms with van der Waals surface area (Å²) in [5.74, 6) is -0.618. The number of hydrogen-bond acceptors (Lipinski definition) is 8. The van der Waals surface area contributed by atoms with Crippen molar-refractivity contribution >= 4 is 22.8 Å². The number of methoxy groups -OCH3 is 3. The van der Waals surface area contributed by atoms with Crippen LogP contribution in [0.3, 0.4) is 0 Å². The number of fused-ring (bicyclic) bond motifs is 2. The molecule has 0 saturated heterocycles. The summed E-state index contributed by atoms with van der Waals surface area (Å²) in [6.45, 7) is 1.81. The second kappa shape index (κ2) is 10.0. The number of hydrogen-bond donors (Lipinski definition) is 1. The predicted molar refractivity (Wildman–Crippen MR) is 128 cm³/mol. The molecule has 3 aromatic rings. The second-order valence-corrected chi connectivity index (χ2v) is 8.38. The van der Waals surface area contributed by atoms with Gasteiger partial charge in [0, 0.05) is 36.3 Å². The quantitative estimate of drug-likeness (QED) is 0.357. The van der Waals surface area contributed by atoms with Crippen LogP contribution in [0, 0.1) is 6.92 Å². The molecule has 0 radical (unpaired) electrons. The van der Waals surface area contributed by atoms with Gasteiger partial charge in [-0.2, -0.15) is 0 Å². The van der Waals surface area contributed by atoms with Gasteiger partial charge in [0.05, 0.1) is 32.0 Å². The van der Waals surface area contributed by atoms with Gasteiger partial charge in [0.2, 0.25) is 0 Å². The smallest absolute Gasteiger partial charge is 0.197 e. The van der Waals surface area contributed by atoms with Gasteiger partial charge in [-0.15, -0.1) is 0 Å². The van der Waals surface area contributed by atoms with E-state index in [9.17, 15) is 14.7 Å². The van der Waals surface area contributed by atoms with Crippen LogP contribution in [0.5, 0.6) is 17.2 Å². The van der Waals surface area contributed by atoms with E-state index in [1.165, 1.54) is 14.2 Å². The fourth-order valence-corrected chi connectivity index (χ4v) is 4.47. The molecular weight excluding hydrogens is 452 g/mol. The summed E-state index contributed by atoms with van der Waals surface area (Å²) in [6.07, 6.45) is 0.874. The number of carbonyl (C=O) groups excluding carboxylic acids is 2. The van der Waals surface area contributed by atoms with Crippen LogP contribution in [-0.4, -0.2) is 45.3 Å². The van der Waals surface area contributed by atoms with Crippen molar-refractivity contribution in [1.29, 1.82) is 0 Å². The number of rotatable bonds is 9. The molecule has 1 atom stereocenters. The van der Waals surface area contributed by atoms with Gasteiger partial charge in [0.1, 0.15) is 17.2 Å². The van der Waals surface area contributed by atoms with Crippen molar-refractivity contribution < 1.29 is 38.4 Å². The summed E-state index contributed by atoms with van der Waals surface area (Å²) in [4.78, 5) is 24.8. The van der Waals surface area contributed by atoms with Crippen molar-refractivity contribution in [2.45, 2.75) is 32.2 Å². The molecule has 8 heteroatoms. The number of aldehydes is 1. The van der Waals surface area contributed by atoms with E-state index in [0.717, 1.165) is 5.56 Å². The molecule has 3 aromatic carbocycles. The van der Waals surface area contributed by atoms with Crippen LogP contribution in [-0.2, 0) is 21.9 Å². The summed E-state index contributed by atoms with van der Waals surface area (Å²) in [6, 6.07) is 10.7. The lowest BCUT2D eigenvalue weighted by Crippen LogP contribution is -2.36. The maximum absolute atomic E-state index is 13.0. The monoisotopic (exact) mass is 480 g/mol. The molecule has 1 unspecified atom stereocenters. The molecule has 0 spiro atoms. The number of aliphatic hydroxyl groups is 1. The maximum Gasteiger partial charge on any atom is 0.197 e. The van der Waals surface area contributed by atoms with Crippen molar-refractivity contribution in [1.82, 2.24) is 0 Å². The van der Waals surface area contributed by atoms with Crippen LogP contribution in [0.2, 0.25) is 0 Å². The maximum atomic E-state index is 13.0. The Hall–Kier alpha value is -3.46. The average Bonchev–Trinajstić information content (AvgIpc) is 2.87. The number of ether oxygens (including phenoxy) is 5. The topological polar surface area (TPSA) is 101 Å². The zero-order chi connectivity index (χ0) is 25.2. The van der Waals surface area contributed by atoms with Crippen LogP contribution in [0.4, 0.5) is 0 Å². The zero-order valence-electron chi connectivity index (χ0n) is 20.2. The van der Waals surface area contributed by atoms with Gasteiger partial charge in [0.25, 0.3) is 0 Å². The Balaban J connectivity index is 1.87. The van der Waals surface area contributed by atoms with Gasteiger partial charge in [-0.25, -0.2) is 0 Å². The highest BCUT2D eigenvalue weighted by molar-refractivity contribution is 6.08. The van der Waals surface area contributed by atoms with E-state index in [2.05, 4.69) is 0 Å². The molecule has 0 bridgehead atoms. The number of Topliss-reactive ketones (excluding diaryl/α,β-unsaturated/α-hetero) is 1. The molecule has 184 valence electrons. The fourth-order valence-electron chi connectivity index (χ4n) is 4.47. The van der Waals surface area contributed by atoms with Gasteiger partial charge in [-0.3, -0.25) is 9.59 Å². The number of aryl methyl sites for hydroxylation is 1. The molecule has 35 heavy (non-hydrogen) atoms. The molecule has 1 N–H and O–H groups in total. The van der Waals surface area contributed by atoms with Crippen LogP contribution in [0.25, 0.3) is 10.8 Å². The lowest BCUT2D eigenvalue weighted by molar-refractivity contribution is -0.226. The van der Waals surface area contributed by atoms with E-state index in [4.69, 9.17) is 23.7 Å². The molecule has 0 heterocycles. The van der Waals surface area contributed by atoms with Crippen LogP contribution in [0.1, 0.15) is 50.2 Å². The summed E-state index contributed by atoms with van der Waals surface area (Å²) < 4.78 is 27.8. The van der Waals surface area contributed by atoms with Crippen molar-refractivity contribution in [2.24, 2.45) is 0 Å². The molecule has 8 nitrogen and oxygen atoms in total. The highest BCUT2D eigenvalue weighted by Crippen LogP contribution is 2.48. The number of carbonyl (C=O) groups is 2. The fraction of sp³-hybridized carbons (Fsp3) is 0.333. The minimum atomic E-state index is -1.76. The Labute approximate surface area is 203 Å². The first kappa shape index (κ1) is 24.7. The molecule has 1 aliphatic rings. The normalized spacial score (nSPS) is 17.2. The lowest BCUT2D eigenvalue weighted by Gasteiger charge is -2.35. The Morgan fingerprint density at radius 3 is 2.37 bits per heavy atom. The average molecular weight is 481 g/mol. The Bertz CT molecular complexity index is 1260. The summed E-state index contributed by atoms with van der Waals surface area (Å²) >= 11 is 0. The van der Waals surface area contributed by atoms with Gasteiger partial charge in [0.15, 0.2) is 24.6 Å². The van der Waals surface area contributed by atoms with Gasteiger partial charge in [-0.05, 0) is 42.3 Å². The molecule has 0 aliphatic heterocycles. The third-order valence-electron chi connectivity index (χ3n) is 6.26. The molecule has 0 saturated carbocycles. The van der Waals surface area contributed by atoms with E-state index in [-0.39, 0.29) is 43.2 Å². The van der Waals surface area contributed by atoms with E-state index >= 15 is 0 Å². The summed E-state index contributed by atoms with van der Waals surface area (Å²) in [5, 5.41) is 12.8. The van der Waals surface area contributed by atoms with Crippen molar-refractivity contribution in [2.75, 3.05) is 28.1 Å². The predicted octanol–water partition coefficient (Wildman–Crippen LogP) is 4.30. The van der Waals surface area contributed by atoms with Gasteiger partial charge < -0.3 is 28.8 Å². The SMILES string of the molecule is COCOc1c(C=O)c(C)cc2c(OC)c3c(cc12)C(=O)CCC3(O)OCc1ccc(OC)cc1. The minimum absolute atomic E-state index is 0.0787. The minimum Gasteiger partial charge on any atom is -0.497 e. The largest absolute Gasteiger partial charge is 0.497 e. The molecule has 1 aliphatic carbocycles. The number of ketones is 1. The lowest BCUT2D eigenvalue weighted by atomic mass is 9.82. The van der Waals surface area contributed by atoms with Gasteiger partial charge in [-0.1, -0.05) is 12.1 Å². The van der Waals surface area contributed by atoms with E-state index in [0.29, 0.717) is 45.4 Å². The Morgan fingerprint density at radius 1 is 1.03 bits per heavy atom. The third kappa shape index (κ3) is 4.48. The molecular formula is C27H28O8. The van der Waals surface area contributed by atoms with Crippen LogP contribution in [0.15, 0.2) is 36.4 Å². The zero-order valence-corrected chi connectivity index (χ0v) is 20.2. The molecule has 4 rings (SSSR count). The Kier molecular flexibility index (Phi) is 7.07. The van der Waals surface area contributed by atoms with Gasteiger partial charge >= 0.3 is 0 Å². The third-order valence-corrected chi connectivity index (χ3v) is 6.26. The first-order valence-corrected chi connectivity index (χ1v) is 11.1. The Morgan fingerprint density at radius 2 is 1.74 bits per heavy atom. The van der Waals surface area contributed by atoms with E-state index < -0.39 is 5.79 Å². The second-order valence-electron chi connectivity index (χ2n) is 8.38. The highest BCUT2D eigenvalue weighted by atomic mass is 16.7. The molecule has 0 fully saturated rings. The molecule has 0 amide bonds. The van der Waals surface area contributed by atoms with Crippen molar-refractivity contribution in [3.8, 4) is 17.2 Å². The van der Waals surface area contributed by atoms with Crippen molar-refractivity contribution in [3.05, 3.63) is 64.2 Å². The summed E-state index contributed by atoms with van der Waals surface area (Å²) in [7, 11) is 4.54.